The molecule has 0 radical (unpaired) electrons. The number of benzene rings is 3. The van der Waals surface area contributed by atoms with Crippen molar-refractivity contribution in [1.29, 1.82) is 0 Å². The van der Waals surface area contributed by atoms with Crippen LogP contribution in [-0.4, -0.2) is 50.5 Å². The van der Waals surface area contributed by atoms with Gasteiger partial charge < -0.3 is 10.2 Å². The minimum Gasteiger partial charge on any atom is -0.355 e. The van der Waals surface area contributed by atoms with Crippen LogP contribution in [0.3, 0.4) is 0 Å². The lowest BCUT2D eigenvalue weighted by atomic mass is 10.0. The molecule has 3 rings (SSSR count). The number of anilines is 1. The Balaban J connectivity index is 2.04. The van der Waals surface area contributed by atoms with E-state index in [9.17, 15) is 18.0 Å². The molecule has 0 saturated heterocycles. The fourth-order valence-electron chi connectivity index (χ4n) is 4.30. The topological polar surface area (TPSA) is 86.8 Å². The third-order valence-electron chi connectivity index (χ3n) is 6.45. The summed E-state index contributed by atoms with van der Waals surface area (Å²) in [4.78, 5) is 28.8. The SMILES string of the molecule is CCNC(=O)C(Cc1ccccc1)N(Cc1ccccc1Cl)C(=O)CN(c1ccc(C(C)C)cc1)S(C)(=O)=O. The first-order valence-corrected chi connectivity index (χ1v) is 15.2. The average Bonchev–Trinajstić information content (AvgIpc) is 2.90. The van der Waals surface area contributed by atoms with Gasteiger partial charge in [0, 0.05) is 24.5 Å². The largest absolute Gasteiger partial charge is 0.355 e. The average molecular weight is 570 g/mol. The lowest BCUT2D eigenvalue weighted by Gasteiger charge is -2.33. The fourth-order valence-corrected chi connectivity index (χ4v) is 5.34. The van der Waals surface area contributed by atoms with E-state index >= 15 is 0 Å². The molecular formula is C30H36ClN3O4S. The highest BCUT2D eigenvalue weighted by Crippen LogP contribution is 2.24. The first-order valence-electron chi connectivity index (χ1n) is 12.9. The molecule has 1 N–H and O–H groups in total. The molecule has 208 valence electrons. The van der Waals surface area contributed by atoms with Gasteiger partial charge in [0.05, 0.1) is 11.9 Å². The third kappa shape index (κ3) is 8.31. The standard InChI is InChI=1S/C30H36ClN3O4S/c1-5-32-30(36)28(19-23-11-7-6-8-12-23)33(20-25-13-9-10-14-27(25)31)29(35)21-34(39(4,37)38)26-17-15-24(16-18-26)22(2)3/h6-18,22,28H,5,19-21H2,1-4H3,(H,32,36). The first-order chi connectivity index (χ1) is 18.5. The summed E-state index contributed by atoms with van der Waals surface area (Å²) in [5.74, 6) is -0.566. The molecule has 1 unspecified atom stereocenters. The Kier molecular flexibility index (Phi) is 10.5. The Bertz CT molecular complexity index is 1360. The van der Waals surface area contributed by atoms with Crippen molar-refractivity contribution in [2.45, 2.75) is 45.7 Å². The van der Waals surface area contributed by atoms with Crippen molar-refractivity contribution < 1.29 is 18.0 Å². The summed E-state index contributed by atoms with van der Waals surface area (Å²) in [7, 11) is -3.82. The number of halogens is 1. The van der Waals surface area contributed by atoms with E-state index in [4.69, 9.17) is 11.6 Å². The second-order valence-corrected chi connectivity index (χ2v) is 12.0. The van der Waals surface area contributed by atoms with E-state index in [0.717, 1.165) is 21.7 Å². The van der Waals surface area contributed by atoms with Crippen LogP contribution in [0.1, 0.15) is 43.4 Å². The van der Waals surface area contributed by atoms with Gasteiger partial charge in [-0.05, 0) is 47.7 Å². The second-order valence-electron chi connectivity index (χ2n) is 9.73. The van der Waals surface area contributed by atoms with E-state index in [1.807, 2.05) is 63.2 Å². The second kappa shape index (κ2) is 13.6. The van der Waals surface area contributed by atoms with Gasteiger partial charge >= 0.3 is 0 Å². The minimum absolute atomic E-state index is 0.0387. The minimum atomic E-state index is -3.82. The van der Waals surface area contributed by atoms with Crippen molar-refractivity contribution in [2.24, 2.45) is 0 Å². The van der Waals surface area contributed by atoms with Crippen LogP contribution < -0.4 is 9.62 Å². The molecule has 0 bridgehead atoms. The van der Waals surface area contributed by atoms with E-state index in [1.54, 1.807) is 36.4 Å². The molecule has 1 atom stereocenters. The molecule has 0 saturated carbocycles. The van der Waals surface area contributed by atoms with Crippen LogP contribution in [0.25, 0.3) is 0 Å². The Hall–Kier alpha value is -3.36. The molecule has 39 heavy (non-hydrogen) atoms. The van der Waals surface area contributed by atoms with Gasteiger partial charge in [-0.25, -0.2) is 8.42 Å². The molecule has 0 aliphatic rings. The van der Waals surface area contributed by atoms with Crippen LogP contribution in [0.15, 0.2) is 78.9 Å². The van der Waals surface area contributed by atoms with Crippen molar-refractivity contribution in [3.05, 3.63) is 101 Å². The molecule has 3 aromatic carbocycles. The quantitative estimate of drug-likeness (QED) is 0.332. The van der Waals surface area contributed by atoms with Crippen molar-refractivity contribution in [1.82, 2.24) is 10.2 Å². The zero-order valence-corrected chi connectivity index (χ0v) is 24.4. The van der Waals surface area contributed by atoms with Crippen LogP contribution >= 0.6 is 11.6 Å². The molecule has 3 aromatic rings. The summed E-state index contributed by atoms with van der Waals surface area (Å²) < 4.78 is 26.8. The van der Waals surface area contributed by atoms with Gasteiger partial charge in [-0.1, -0.05) is 86.1 Å². The molecule has 0 spiro atoms. The zero-order chi connectivity index (χ0) is 28.6. The number of nitrogens with zero attached hydrogens (tertiary/aromatic N) is 2. The molecule has 0 heterocycles. The van der Waals surface area contributed by atoms with Crippen LogP contribution in [0, 0.1) is 0 Å². The Morgan fingerprint density at radius 3 is 2.10 bits per heavy atom. The molecule has 0 aromatic heterocycles. The summed E-state index contributed by atoms with van der Waals surface area (Å²) >= 11 is 6.45. The van der Waals surface area contributed by atoms with Gasteiger partial charge in [-0.2, -0.15) is 0 Å². The van der Waals surface area contributed by atoms with E-state index < -0.39 is 28.5 Å². The summed E-state index contributed by atoms with van der Waals surface area (Å²) in [6, 6.07) is 22.7. The third-order valence-corrected chi connectivity index (χ3v) is 7.96. The van der Waals surface area contributed by atoms with Gasteiger partial charge in [0.15, 0.2) is 0 Å². The van der Waals surface area contributed by atoms with Crippen LogP contribution in [-0.2, 0) is 32.6 Å². The maximum Gasteiger partial charge on any atom is 0.244 e. The molecule has 7 nitrogen and oxygen atoms in total. The highest BCUT2D eigenvalue weighted by atomic mass is 35.5. The van der Waals surface area contributed by atoms with Crippen molar-refractivity contribution in [3.63, 3.8) is 0 Å². The van der Waals surface area contributed by atoms with Gasteiger partial charge in [0.25, 0.3) is 0 Å². The summed E-state index contributed by atoms with van der Waals surface area (Å²) in [5, 5.41) is 3.29. The molecule has 0 fully saturated rings. The van der Waals surface area contributed by atoms with Crippen molar-refractivity contribution in [2.75, 3.05) is 23.7 Å². The van der Waals surface area contributed by atoms with E-state index in [0.29, 0.717) is 22.8 Å². The highest BCUT2D eigenvalue weighted by molar-refractivity contribution is 7.92. The highest BCUT2D eigenvalue weighted by Gasteiger charge is 2.33. The Labute approximate surface area is 236 Å². The van der Waals surface area contributed by atoms with E-state index in [2.05, 4.69) is 5.32 Å². The number of hydrogen-bond donors (Lipinski definition) is 1. The van der Waals surface area contributed by atoms with E-state index in [-0.39, 0.29) is 24.8 Å². The van der Waals surface area contributed by atoms with Crippen molar-refractivity contribution >= 4 is 39.1 Å². The van der Waals surface area contributed by atoms with Gasteiger partial charge in [0.1, 0.15) is 12.6 Å². The lowest BCUT2D eigenvalue weighted by molar-refractivity contribution is -0.140. The Morgan fingerprint density at radius 1 is 0.923 bits per heavy atom. The number of amides is 2. The normalized spacial score (nSPS) is 12.2. The number of carbonyl (C=O) groups excluding carboxylic acids is 2. The number of sulfonamides is 1. The zero-order valence-electron chi connectivity index (χ0n) is 22.8. The number of nitrogens with one attached hydrogen (secondary N) is 1. The summed E-state index contributed by atoms with van der Waals surface area (Å²) in [6.07, 6.45) is 1.32. The van der Waals surface area contributed by atoms with Gasteiger partial charge in [-0.3, -0.25) is 13.9 Å². The molecular weight excluding hydrogens is 534 g/mol. The maximum atomic E-state index is 14.0. The number of hydrogen-bond acceptors (Lipinski definition) is 4. The maximum absolute atomic E-state index is 14.0. The van der Waals surface area contributed by atoms with Crippen LogP contribution in [0.5, 0.6) is 0 Å². The smallest absolute Gasteiger partial charge is 0.244 e. The predicted octanol–water partition coefficient (Wildman–Crippen LogP) is 5.01. The Morgan fingerprint density at radius 2 is 1.54 bits per heavy atom. The lowest BCUT2D eigenvalue weighted by Crippen LogP contribution is -2.53. The number of likely N-dealkylation sites (N-methyl/N-ethyl adjacent to an activating group) is 1. The van der Waals surface area contributed by atoms with Crippen LogP contribution in [0.2, 0.25) is 5.02 Å². The first kappa shape index (κ1) is 30.2. The van der Waals surface area contributed by atoms with E-state index in [1.165, 1.54) is 4.90 Å². The van der Waals surface area contributed by atoms with Crippen LogP contribution in [0.4, 0.5) is 5.69 Å². The monoisotopic (exact) mass is 569 g/mol. The van der Waals surface area contributed by atoms with Gasteiger partial charge in [0.2, 0.25) is 21.8 Å². The molecule has 0 aliphatic heterocycles. The fraction of sp³-hybridized carbons (Fsp3) is 0.333. The predicted molar refractivity (Wildman–Crippen MR) is 157 cm³/mol. The van der Waals surface area contributed by atoms with Gasteiger partial charge in [-0.15, -0.1) is 0 Å². The number of carbonyl (C=O) groups is 2. The summed E-state index contributed by atoms with van der Waals surface area (Å²) in [5.41, 5.74) is 2.96. The summed E-state index contributed by atoms with van der Waals surface area (Å²) in [6.45, 7) is 5.87. The van der Waals surface area contributed by atoms with Crippen molar-refractivity contribution in [3.8, 4) is 0 Å². The number of rotatable bonds is 12. The molecule has 2 amide bonds. The molecule has 9 heteroatoms. The molecule has 0 aliphatic carbocycles.